The van der Waals surface area contributed by atoms with Crippen LogP contribution in [-0.4, -0.2) is 19.1 Å². The number of benzene rings is 1. The van der Waals surface area contributed by atoms with E-state index in [9.17, 15) is 4.79 Å². The number of carbonyl (C=O) groups excluding carboxylic acids is 1. The van der Waals surface area contributed by atoms with Crippen LogP contribution in [0.15, 0.2) is 17.1 Å². The van der Waals surface area contributed by atoms with Crippen LogP contribution < -0.4 is 4.74 Å². The molecule has 0 atom stereocenters. The fourth-order valence-electron chi connectivity index (χ4n) is 2.08. The van der Waals surface area contributed by atoms with Crippen LogP contribution in [0.1, 0.15) is 29.5 Å². The molecule has 0 saturated heterocycles. The quantitative estimate of drug-likeness (QED) is 0.723. The Hall–Kier alpha value is -1.64. The van der Waals surface area contributed by atoms with E-state index in [4.69, 9.17) is 4.74 Å². The Morgan fingerprint density at radius 1 is 1.39 bits per heavy atom. The van der Waals surface area contributed by atoms with E-state index in [2.05, 4.69) is 11.7 Å². The lowest BCUT2D eigenvalue weighted by molar-refractivity contribution is -0.122. The SMILES string of the molecule is C=NCc1c(C)cc(OCC(=O)C2CC2)cc1C. The largest absolute Gasteiger partial charge is 0.486 e. The van der Waals surface area contributed by atoms with Crippen molar-refractivity contribution in [2.45, 2.75) is 33.2 Å². The van der Waals surface area contributed by atoms with E-state index >= 15 is 0 Å². The molecule has 1 aromatic carbocycles. The van der Waals surface area contributed by atoms with Crippen LogP contribution in [0.3, 0.4) is 0 Å². The minimum atomic E-state index is 0.197. The summed E-state index contributed by atoms with van der Waals surface area (Å²) in [6, 6.07) is 3.93. The molecule has 3 heteroatoms. The van der Waals surface area contributed by atoms with Gasteiger partial charge >= 0.3 is 0 Å². The fourth-order valence-corrected chi connectivity index (χ4v) is 2.08. The van der Waals surface area contributed by atoms with E-state index < -0.39 is 0 Å². The van der Waals surface area contributed by atoms with Gasteiger partial charge in [-0.25, -0.2) is 0 Å². The zero-order chi connectivity index (χ0) is 13.1. The van der Waals surface area contributed by atoms with Crippen LogP contribution in [0.25, 0.3) is 0 Å². The van der Waals surface area contributed by atoms with Crippen LogP contribution in [0.2, 0.25) is 0 Å². The van der Waals surface area contributed by atoms with E-state index in [0.29, 0.717) is 6.54 Å². The minimum Gasteiger partial charge on any atom is -0.486 e. The lowest BCUT2D eigenvalue weighted by Gasteiger charge is -2.11. The third-order valence-electron chi connectivity index (χ3n) is 3.35. The van der Waals surface area contributed by atoms with Gasteiger partial charge in [-0.1, -0.05) is 0 Å². The van der Waals surface area contributed by atoms with Crippen molar-refractivity contribution in [3.05, 3.63) is 28.8 Å². The summed E-state index contributed by atoms with van der Waals surface area (Å²) in [5.74, 6) is 1.25. The highest BCUT2D eigenvalue weighted by atomic mass is 16.5. The van der Waals surface area contributed by atoms with Gasteiger partial charge in [-0.2, -0.15) is 0 Å². The number of aliphatic imine (C=N–C) groups is 1. The molecule has 0 N–H and O–H groups in total. The van der Waals surface area contributed by atoms with Crippen molar-refractivity contribution in [1.29, 1.82) is 0 Å². The maximum Gasteiger partial charge on any atom is 0.173 e. The Morgan fingerprint density at radius 2 is 2.00 bits per heavy atom. The molecule has 1 aromatic rings. The summed E-state index contributed by atoms with van der Waals surface area (Å²) in [6.45, 7) is 8.40. The topological polar surface area (TPSA) is 38.7 Å². The number of hydrogen-bond acceptors (Lipinski definition) is 3. The predicted molar refractivity (Wildman–Crippen MR) is 72.4 cm³/mol. The number of nitrogens with zero attached hydrogens (tertiary/aromatic N) is 1. The normalized spacial score (nSPS) is 14.3. The van der Waals surface area contributed by atoms with Crippen molar-refractivity contribution in [2.24, 2.45) is 10.9 Å². The highest BCUT2D eigenvalue weighted by Gasteiger charge is 2.29. The average Bonchev–Trinajstić information content (AvgIpc) is 3.15. The van der Waals surface area contributed by atoms with Gasteiger partial charge in [-0.05, 0) is 62.2 Å². The highest BCUT2D eigenvalue weighted by Crippen LogP contribution is 2.30. The van der Waals surface area contributed by atoms with Gasteiger partial charge in [0, 0.05) is 5.92 Å². The second-order valence-corrected chi connectivity index (χ2v) is 4.95. The summed E-state index contributed by atoms with van der Waals surface area (Å²) in [5.41, 5.74) is 3.46. The third-order valence-corrected chi connectivity index (χ3v) is 3.35. The van der Waals surface area contributed by atoms with Crippen LogP contribution >= 0.6 is 0 Å². The van der Waals surface area contributed by atoms with E-state index in [1.165, 1.54) is 5.56 Å². The van der Waals surface area contributed by atoms with Crippen LogP contribution in [0.5, 0.6) is 5.75 Å². The molecular weight excluding hydrogens is 226 g/mol. The molecule has 0 radical (unpaired) electrons. The zero-order valence-corrected chi connectivity index (χ0v) is 11.0. The summed E-state index contributed by atoms with van der Waals surface area (Å²) in [7, 11) is 0. The molecule has 0 aliphatic heterocycles. The summed E-state index contributed by atoms with van der Waals surface area (Å²) < 4.78 is 5.57. The Balaban J connectivity index is 2.04. The van der Waals surface area contributed by atoms with Crippen molar-refractivity contribution in [1.82, 2.24) is 0 Å². The fraction of sp³-hybridized carbons (Fsp3) is 0.467. The van der Waals surface area contributed by atoms with Gasteiger partial charge in [0.05, 0.1) is 6.54 Å². The zero-order valence-electron chi connectivity index (χ0n) is 11.0. The van der Waals surface area contributed by atoms with Crippen LogP contribution in [0, 0.1) is 19.8 Å². The molecule has 18 heavy (non-hydrogen) atoms. The average molecular weight is 245 g/mol. The van der Waals surface area contributed by atoms with Gasteiger partial charge in [-0.15, -0.1) is 0 Å². The lowest BCUT2D eigenvalue weighted by Crippen LogP contribution is -2.13. The van der Waals surface area contributed by atoms with Crippen molar-refractivity contribution < 1.29 is 9.53 Å². The maximum atomic E-state index is 11.6. The first-order valence-electron chi connectivity index (χ1n) is 6.30. The second kappa shape index (κ2) is 5.34. The number of ketones is 1. The van der Waals surface area contributed by atoms with Crippen molar-refractivity contribution >= 4 is 12.5 Å². The molecule has 0 unspecified atom stereocenters. The van der Waals surface area contributed by atoms with Gasteiger partial charge in [0.2, 0.25) is 0 Å². The number of rotatable bonds is 6. The number of hydrogen-bond donors (Lipinski definition) is 0. The molecule has 0 aromatic heterocycles. The van der Waals surface area contributed by atoms with Crippen LogP contribution in [0.4, 0.5) is 0 Å². The van der Waals surface area contributed by atoms with E-state index in [1.807, 2.05) is 26.0 Å². The van der Waals surface area contributed by atoms with Gasteiger partial charge in [-0.3, -0.25) is 9.79 Å². The molecule has 1 saturated carbocycles. The molecule has 1 aliphatic rings. The molecule has 0 spiro atoms. The number of Topliss-reactive ketones (excluding diaryl/α,β-unsaturated/α-hetero) is 1. The minimum absolute atomic E-state index is 0.197. The second-order valence-electron chi connectivity index (χ2n) is 4.95. The first-order chi connectivity index (χ1) is 8.61. The predicted octanol–water partition coefficient (Wildman–Crippen LogP) is 2.86. The number of carbonyl (C=O) groups is 1. The van der Waals surface area contributed by atoms with E-state index in [1.54, 1.807) is 0 Å². The van der Waals surface area contributed by atoms with Crippen molar-refractivity contribution in [3.63, 3.8) is 0 Å². The standard InChI is InChI=1S/C15H19NO2/c1-10-6-13(7-11(2)14(10)8-16-3)18-9-15(17)12-4-5-12/h6-7,12H,3-5,8-9H2,1-2H3. The first-order valence-corrected chi connectivity index (χ1v) is 6.30. The summed E-state index contributed by atoms with van der Waals surface area (Å²) in [4.78, 5) is 15.5. The molecule has 0 heterocycles. The molecule has 1 aliphatic carbocycles. The van der Waals surface area contributed by atoms with Gasteiger partial charge in [0.15, 0.2) is 5.78 Å². The molecule has 3 nitrogen and oxygen atoms in total. The van der Waals surface area contributed by atoms with Gasteiger partial charge < -0.3 is 4.74 Å². The Morgan fingerprint density at radius 3 is 2.50 bits per heavy atom. The summed E-state index contributed by atoms with van der Waals surface area (Å²) in [5, 5.41) is 0. The third kappa shape index (κ3) is 2.97. The number of aryl methyl sites for hydroxylation is 2. The maximum absolute atomic E-state index is 11.6. The summed E-state index contributed by atoms with van der Waals surface area (Å²) >= 11 is 0. The molecule has 2 rings (SSSR count). The van der Waals surface area contributed by atoms with Crippen molar-refractivity contribution in [2.75, 3.05) is 6.61 Å². The summed E-state index contributed by atoms with van der Waals surface area (Å²) in [6.07, 6.45) is 2.06. The highest BCUT2D eigenvalue weighted by molar-refractivity contribution is 5.84. The molecule has 96 valence electrons. The Kier molecular flexibility index (Phi) is 3.80. The first kappa shape index (κ1) is 12.8. The lowest BCUT2D eigenvalue weighted by atomic mass is 10.0. The molecule has 0 amide bonds. The van der Waals surface area contributed by atoms with Crippen molar-refractivity contribution in [3.8, 4) is 5.75 Å². The molecule has 0 bridgehead atoms. The molecular formula is C15H19NO2. The van der Waals surface area contributed by atoms with E-state index in [-0.39, 0.29) is 18.3 Å². The Labute approximate surface area is 108 Å². The monoisotopic (exact) mass is 245 g/mol. The van der Waals surface area contributed by atoms with Crippen LogP contribution in [-0.2, 0) is 11.3 Å². The molecule has 1 fully saturated rings. The van der Waals surface area contributed by atoms with Gasteiger partial charge in [0.25, 0.3) is 0 Å². The van der Waals surface area contributed by atoms with E-state index in [0.717, 1.165) is 29.7 Å². The smallest absolute Gasteiger partial charge is 0.173 e. The Bertz CT molecular complexity index is 452. The number of ether oxygens (including phenoxy) is 1. The van der Waals surface area contributed by atoms with Gasteiger partial charge in [0.1, 0.15) is 12.4 Å².